The summed E-state index contributed by atoms with van der Waals surface area (Å²) in [5.74, 6) is 0. The second-order valence-corrected chi connectivity index (χ2v) is 33.9. The summed E-state index contributed by atoms with van der Waals surface area (Å²) in [6.07, 6.45) is 29.9. The standard InChI is InChI=1S/C26H51O8P.C16H35O6P.C13H25BrO2.C13H26O3/c1-25(2,21-31-23-13-5-9-17-29-23)15-7-11-19-33-35(27,28)34-20-12-8-16-26(3,4)22-32-24-14-6-10-18-30-24;1-15(2,13-17)9-5-7-11-21-23(19,20)22-12-8-6-10-16(3,4)14-18;2*1-13(2,8-4-5-9-14)11-16-12-7-3-6-10-15-12/h23-24H,5-22H2,1-4H3,(H,27,28);17-18H,5-14H2,1-4H3,(H,19,20);12H,3-11H2,1-2H3;12,14H,3-11H2,1-2H3. The lowest BCUT2D eigenvalue weighted by molar-refractivity contribution is -0.176. The Kier molecular flexibility index (Phi) is 48.8. The number of alkyl halides is 1. The molecule has 0 saturated carbocycles. The second kappa shape index (κ2) is 49.7. The molecule has 0 amide bonds. The molecule has 4 fully saturated rings. The molecule has 4 heterocycles. The van der Waals surface area contributed by atoms with Gasteiger partial charge in [0.2, 0.25) is 0 Å². The van der Waals surface area contributed by atoms with E-state index >= 15 is 0 Å². The van der Waals surface area contributed by atoms with Crippen molar-refractivity contribution in [2.24, 2.45) is 32.5 Å². The van der Waals surface area contributed by atoms with Crippen molar-refractivity contribution < 1.29 is 90.2 Å². The molecule has 4 atom stereocenters. The third-order valence-corrected chi connectivity index (χ3v) is 19.2. The van der Waals surface area contributed by atoms with Gasteiger partial charge in [0.05, 0.1) is 52.9 Å². The van der Waals surface area contributed by atoms with Gasteiger partial charge in [0, 0.05) is 51.6 Å². The number of halogens is 1. The van der Waals surface area contributed by atoms with Crippen LogP contribution in [0.25, 0.3) is 0 Å². The quantitative estimate of drug-likeness (QED) is 0.0216. The molecule has 0 aromatic heterocycles. The van der Waals surface area contributed by atoms with E-state index < -0.39 is 15.6 Å². The van der Waals surface area contributed by atoms with Gasteiger partial charge in [0.15, 0.2) is 25.2 Å². The van der Waals surface area contributed by atoms with Crippen LogP contribution in [0, 0.1) is 32.5 Å². The van der Waals surface area contributed by atoms with Crippen LogP contribution in [0.3, 0.4) is 0 Å². The number of hydrogen-bond acceptors (Lipinski definition) is 17. The van der Waals surface area contributed by atoms with Gasteiger partial charge in [-0.15, -0.1) is 0 Å². The van der Waals surface area contributed by atoms with E-state index in [2.05, 4.69) is 71.3 Å². The average Bonchev–Trinajstić information content (AvgIpc) is 3.68. The lowest BCUT2D eigenvalue weighted by atomic mass is 9.88. The van der Waals surface area contributed by atoms with Crippen molar-refractivity contribution in [2.45, 2.75) is 301 Å². The second-order valence-electron chi connectivity index (χ2n) is 30.2. The summed E-state index contributed by atoms with van der Waals surface area (Å²) in [6.45, 7) is 33.1. The Hall–Kier alpha value is 0.260. The maximum Gasteiger partial charge on any atom is 0.472 e. The first-order valence-electron chi connectivity index (χ1n) is 34.9. The van der Waals surface area contributed by atoms with Gasteiger partial charge >= 0.3 is 15.6 Å². The highest BCUT2D eigenvalue weighted by Gasteiger charge is 2.28. The van der Waals surface area contributed by atoms with E-state index in [-0.39, 0.29) is 97.3 Å². The summed E-state index contributed by atoms with van der Waals surface area (Å²) in [4.78, 5) is 19.5. The molecule has 0 bridgehead atoms. The number of phosphoric acid groups is 2. The molecule has 0 aromatic carbocycles. The van der Waals surface area contributed by atoms with Gasteiger partial charge in [-0.25, -0.2) is 9.13 Å². The Morgan fingerprint density at radius 1 is 0.356 bits per heavy atom. The van der Waals surface area contributed by atoms with Crippen molar-refractivity contribution in [2.75, 3.05) is 104 Å². The minimum atomic E-state index is -4.00. The average molecular weight is 1400 g/mol. The minimum absolute atomic E-state index is 0.0193. The van der Waals surface area contributed by atoms with Crippen LogP contribution in [0.2, 0.25) is 0 Å². The van der Waals surface area contributed by atoms with Crippen LogP contribution in [-0.2, 0) is 65.1 Å². The molecule has 22 heteroatoms. The molecular weight excluding hydrogens is 1260 g/mol. The first-order valence-corrected chi connectivity index (χ1v) is 39.0. The van der Waals surface area contributed by atoms with E-state index in [0.29, 0.717) is 45.5 Å². The van der Waals surface area contributed by atoms with Gasteiger partial charge in [0.25, 0.3) is 0 Å². The van der Waals surface area contributed by atoms with Crippen molar-refractivity contribution in [3.8, 4) is 0 Å². The van der Waals surface area contributed by atoms with E-state index in [4.69, 9.17) is 71.3 Å². The number of phosphoric ester groups is 2. The minimum Gasteiger partial charge on any atom is -0.396 e. The Bertz CT molecular complexity index is 1670. The summed E-state index contributed by atoms with van der Waals surface area (Å²) in [6, 6.07) is 0. The SMILES string of the molecule is CC(C)(CCCCBr)COC1CCCCO1.CC(C)(CCCCO)COC1CCCCO1.CC(C)(CCCCOP(=O)(O)OCCCCC(C)(C)COC1CCCCO1)COC1CCCCO1.CC(C)(CO)CCCCOP(=O)(O)OCCCCC(C)(C)CO. The van der Waals surface area contributed by atoms with Gasteiger partial charge in [-0.2, -0.15) is 0 Å². The van der Waals surface area contributed by atoms with Crippen LogP contribution in [0.4, 0.5) is 0 Å². The smallest absolute Gasteiger partial charge is 0.396 e. The molecule has 4 rings (SSSR count). The first kappa shape index (κ1) is 88.3. The molecule has 90 heavy (non-hydrogen) atoms. The van der Waals surface area contributed by atoms with E-state index in [1.165, 1.54) is 44.9 Å². The fourth-order valence-electron chi connectivity index (χ4n) is 10.1. The molecule has 4 unspecified atom stereocenters. The van der Waals surface area contributed by atoms with Crippen molar-refractivity contribution in [1.29, 1.82) is 0 Å². The van der Waals surface area contributed by atoms with Crippen molar-refractivity contribution in [1.82, 2.24) is 0 Å². The van der Waals surface area contributed by atoms with Gasteiger partial charge < -0.3 is 63.0 Å². The van der Waals surface area contributed by atoms with E-state index in [1.807, 2.05) is 27.7 Å². The van der Waals surface area contributed by atoms with Crippen molar-refractivity contribution >= 4 is 31.6 Å². The Labute approximate surface area is 556 Å². The zero-order valence-electron chi connectivity index (χ0n) is 59.1. The van der Waals surface area contributed by atoms with E-state index in [0.717, 1.165) is 167 Å². The highest BCUT2D eigenvalue weighted by molar-refractivity contribution is 9.09. The normalized spacial score (nSPS) is 20.6. The zero-order chi connectivity index (χ0) is 67.3. The predicted octanol–water partition coefficient (Wildman–Crippen LogP) is 16.9. The molecule has 0 radical (unpaired) electrons. The maximum atomic E-state index is 12.1. The highest BCUT2D eigenvalue weighted by atomic mass is 79.9. The van der Waals surface area contributed by atoms with Crippen LogP contribution < -0.4 is 0 Å². The third-order valence-electron chi connectivity index (χ3n) is 16.6. The van der Waals surface area contributed by atoms with Crippen LogP contribution in [0.5, 0.6) is 0 Å². The summed E-state index contributed by atoms with van der Waals surface area (Å²) in [5, 5.41) is 28.1. The largest absolute Gasteiger partial charge is 0.472 e. The van der Waals surface area contributed by atoms with E-state index in [9.17, 15) is 18.9 Å². The van der Waals surface area contributed by atoms with Gasteiger partial charge in [-0.05, 0) is 187 Å². The number of rotatable bonds is 46. The Balaban J connectivity index is 0.000000637. The fourth-order valence-corrected chi connectivity index (χ4v) is 12.1. The van der Waals surface area contributed by atoms with Gasteiger partial charge in [-0.3, -0.25) is 18.1 Å². The zero-order valence-corrected chi connectivity index (χ0v) is 62.4. The lowest BCUT2D eigenvalue weighted by Crippen LogP contribution is -2.28. The molecule has 5 N–H and O–H groups in total. The Morgan fingerprint density at radius 3 is 0.800 bits per heavy atom. The van der Waals surface area contributed by atoms with Crippen molar-refractivity contribution in [3.05, 3.63) is 0 Å². The van der Waals surface area contributed by atoms with Crippen molar-refractivity contribution in [3.63, 3.8) is 0 Å². The number of ether oxygens (including phenoxy) is 8. The van der Waals surface area contributed by atoms with Gasteiger partial charge in [0.1, 0.15) is 0 Å². The topological polar surface area (TPSA) is 246 Å². The molecule has 19 nitrogen and oxygen atoms in total. The van der Waals surface area contributed by atoms with Crippen LogP contribution >= 0.6 is 31.6 Å². The number of unbranched alkanes of at least 4 members (excludes halogenated alkanes) is 6. The predicted molar refractivity (Wildman–Crippen MR) is 362 cm³/mol. The highest BCUT2D eigenvalue weighted by Crippen LogP contribution is 2.45. The number of aliphatic hydroxyl groups excluding tert-OH is 3. The van der Waals surface area contributed by atoms with E-state index in [1.54, 1.807) is 0 Å². The third kappa shape index (κ3) is 51.5. The number of hydrogen-bond donors (Lipinski definition) is 5. The molecule has 4 aliphatic heterocycles. The molecule has 4 aliphatic rings. The maximum absolute atomic E-state index is 12.1. The number of aliphatic hydroxyl groups is 3. The van der Waals surface area contributed by atoms with Crippen LogP contribution in [0.1, 0.15) is 276 Å². The van der Waals surface area contributed by atoms with Crippen LogP contribution in [0.15, 0.2) is 0 Å². The summed E-state index contributed by atoms with van der Waals surface area (Å²) in [7, 11) is -7.97. The van der Waals surface area contributed by atoms with Crippen LogP contribution in [-0.4, -0.2) is 155 Å². The monoisotopic (exact) mass is 1400 g/mol. The van der Waals surface area contributed by atoms with Gasteiger partial charge in [-0.1, -0.05) is 138 Å². The summed E-state index contributed by atoms with van der Waals surface area (Å²) in [5.41, 5.74) is 0.285. The molecular formula is C68H137BrO19P2. The molecule has 4 saturated heterocycles. The fraction of sp³-hybridized carbons (Fsp3) is 1.00. The first-order chi connectivity index (χ1) is 42.4. The lowest BCUT2D eigenvalue weighted by Gasteiger charge is -2.29. The molecule has 0 aliphatic carbocycles. The summed E-state index contributed by atoms with van der Waals surface area (Å²) < 4.78 is 89.8. The molecule has 0 spiro atoms. The Morgan fingerprint density at radius 2 is 0.589 bits per heavy atom. The molecule has 540 valence electrons. The molecule has 0 aromatic rings. The summed E-state index contributed by atoms with van der Waals surface area (Å²) >= 11 is 3.47.